The van der Waals surface area contributed by atoms with Gasteiger partial charge in [0.2, 0.25) is 0 Å². The minimum absolute atomic E-state index is 0.0454. The molecule has 2 aliphatic rings. The number of amides is 2. The first kappa shape index (κ1) is 21.6. The summed E-state index contributed by atoms with van der Waals surface area (Å²) in [5.74, 6) is -1.06. The Morgan fingerprint density at radius 3 is 2.52 bits per heavy atom. The Hall–Kier alpha value is -3.19. The van der Waals surface area contributed by atoms with E-state index < -0.39 is 17.2 Å². The number of hydrogen-bond acceptors (Lipinski definition) is 4. The van der Waals surface area contributed by atoms with Gasteiger partial charge in [0.05, 0.1) is 16.1 Å². The van der Waals surface area contributed by atoms with Gasteiger partial charge in [-0.05, 0) is 36.5 Å². The molecular weight excluding hydrogens is 440 g/mol. The van der Waals surface area contributed by atoms with Gasteiger partial charge in [-0.1, -0.05) is 43.6 Å². The van der Waals surface area contributed by atoms with E-state index in [2.05, 4.69) is 9.97 Å². The van der Waals surface area contributed by atoms with Crippen molar-refractivity contribution in [2.45, 2.75) is 38.1 Å². The number of piperazine rings is 1. The molecule has 0 unspecified atom stereocenters. The maximum atomic E-state index is 13.4. The van der Waals surface area contributed by atoms with Crippen LogP contribution in [0, 0.1) is 0 Å². The molecular formula is C25H25ClN4O3. The third-order valence-corrected chi connectivity index (χ3v) is 7.16. The fourth-order valence-corrected chi connectivity index (χ4v) is 5.15. The third-order valence-electron chi connectivity index (χ3n) is 6.76. The number of pyridine rings is 1. The summed E-state index contributed by atoms with van der Waals surface area (Å²) in [6.45, 7) is 5.16. The standard InChI is InChI=1S/C25H25ClN4O3/c1-15(2)17-12-27-22-19(20(17)26)18(13-28-22)21(31)24(33)30-11-10-29(14-25(30)8-9-25)23(32)16-6-4-3-5-7-16/h3-7,12-13,15H,8-11,14H2,1-2H3,(H,27,28). The number of aromatic amines is 1. The number of halogens is 1. The number of rotatable bonds is 4. The highest BCUT2D eigenvalue weighted by molar-refractivity contribution is 6.47. The summed E-state index contributed by atoms with van der Waals surface area (Å²) in [7, 11) is 0. The SMILES string of the molecule is CC(C)c1cnc2[nH]cc(C(=O)C(=O)N3CCN(C(=O)c4ccccc4)CC34CC4)c2c1Cl. The second-order valence-corrected chi connectivity index (χ2v) is 9.59. The van der Waals surface area contributed by atoms with E-state index in [1.807, 2.05) is 32.0 Å². The summed E-state index contributed by atoms with van der Waals surface area (Å²) in [6.07, 6.45) is 4.77. The molecule has 1 saturated heterocycles. The van der Waals surface area contributed by atoms with Crippen LogP contribution in [-0.4, -0.2) is 62.5 Å². The normalized spacial score (nSPS) is 17.1. The van der Waals surface area contributed by atoms with Crippen LogP contribution in [0.1, 0.15) is 58.9 Å². The molecule has 5 rings (SSSR count). The van der Waals surface area contributed by atoms with E-state index in [-0.39, 0.29) is 17.4 Å². The number of fused-ring (bicyclic) bond motifs is 1. The predicted octanol–water partition coefficient (Wildman–Crippen LogP) is 4.04. The Labute approximate surface area is 196 Å². The predicted molar refractivity (Wildman–Crippen MR) is 126 cm³/mol. The fraction of sp³-hybridized carbons (Fsp3) is 0.360. The molecule has 7 nitrogen and oxygen atoms in total. The number of hydrogen-bond donors (Lipinski definition) is 1. The summed E-state index contributed by atoms with van der Waals surface area (Å²) in [4.78, 5) is 50.4. The number of Topliss-reactive ketones (excluding diaryl/α,β-unsaturated/α-hetero) is 1. The molecule has 0 bridgehead atoms. The van der Waals surface area contributed by atoms with E-state index in [1.54, 1.807) is 28.1 Å². The first-order chi connectivity index (χ1) is 15.8. The van der Waals surface area contributed by atoms with Crippen LogP contribution < -0.4 is 0 Å². The van der Waals surface area contributed by atoms with Crippen LogP contribution in [0.3, 0.4) is 0 Å². The van der Waals surface area contributed by atoms with Crippen molar-refractivity contribution in [3.63, 3.8) is 0 Å². The molecule has 1 aliphatic carbocycles. The smallest absolute Gasteiger partial charge is 0.295 e. The number of ketones is 1. The molecule has 2 amide bonds. The van der Waals surface area contributed by atoms with Crippen LogP contribution in [0.2, 0.25) is 5.02 Å². The Kier molecular flexibility index (Phi) is 5.24. The number of benzene rings is 1. The quantitative estimate of drug-likeness (QED) is 0.466. The first-order valence-corrected chi connectivity index (χ1v) is 11.6. The van der Waals surface area contributed by atoms with Crippen molar-refractivity contribution in [1.82, 2.24) is 19.8 Å². The van der Waals surface area contributed by atoms with Gasteiger partial charge in [-0.15, -0.1) is 0 Å². The zero-order chi connectivity index (χ0) is 23.3. The molecule has 0 radical (unpaired) electrons. The molecule has 170 valence electrons. The minimum atomic E-state index is -0.597. The van der Waals surface area contributed by atoms with Crippen molar-refractivity contribution in [3.8, 4) is 0 Å². The number of aromatic nitrogens is 2. The average molecular weight is 465 g/mol. The van der Waals surface area contributed by atoms with Gasteiger partial charge in [0, 0.05) is 43.0 Å². The van der Waals surface area contributed by atoms with E-state index in [4.69, 9.17) is 11.6 Å². The molecule has 1 spiro atoms. The lowest BCUT2D eigenvalue weighted by Gasteiger charge is -2.41. The lowest BCUT2D eigenvalue weighted by atomic mass is 10.0. The van der Waals surface area contributed by atoms with Gasteiger partial charge in [0.1, 0.15) is 5.65 Å². The molecule has 1 N–H and O–H groups in total. The highest BCUT2D eigenvalue weighted by Gasteiger charge is 2.55. The average Bonchev–Trinajstić information content (AvgIpc) is 3.43. The molecule has 8 heteroatoms. The third kappa shape index (κ3) is 3.60. The molecule has 2 aromatic heterocycles. The number of carbonyl (C=O) groups is 3. The Balaban J connectivity index is 1.39. The number of nitrogens with one attached hydrogen (secondary N) is 1. The van der Waals surface area contributed by atoms with Crippen LogP contribution in [0.15, 0.2) is 42.7 Å². The van der Waals surface area contributed by atoms with E-state index in [0.29, 0.717) is 41.3 Å². The van der Waals surface area contributed by atoms with E-state index in [1.165, 1.54) is 6.20 Å². The van der Waals surface area contributed by atoms with Crippen LogP contribution in [0.4, 0.5) is 0 Å². The van der Waals surface area contributed by atoms with Gasteiger partial charge >= 0.3 is 0 Å². The zero-order valence-corrected chi connectivity index (χ0v) is 19.4. The van der Waals surface area contributed by atoms with Crippen LogP contribution in [0.5, 0.6) is 0 Å². The Bertz CT molecular complexity index is 1260. The maximum Gasteiger partial charge on any atom is 0.295 e. The molecule has 33 heavy (non-hydrogen) atoms. The molecule has 1 aliphatic heterocycles. The summed E-state index contributed by atoms with van der Waals surface area (Å²) in [5, 5.41) is 0.941. The summed E-state index contributed by atoms with van der Waals surface area (Å²) in [5.41, 5.74) is 1.73. The van der Waals surface area contributed by atoms with Gasteiger partial charge in [-0.2, -0.15) is 0 Å². The Morgan fingerprint density at radius 2 is 1.85 bits per heavy atom. The molecule has 0 atom stereocenters. The monoisotopic (exact) mass is 464 g/mol. The topological polar surface area (TPSA) is 86.4 Å². The van der Waals surface area contributed by atoms with Crippen molar-refractivity contribution in [1.29, 1.82) is 0 Å². The van der Waals surface area contributed by atoms with Gasteiger partial charge in [-0.3, -0.25) is 14.4 Å². The van der Waals surface area contributed by atoms with Crippen molar-refractivity contribution < 1.29 is 14.4 Å². The lowest BCUT2D eigenvalue weighted by molar-refractivity contribution is -0.131. The largest absolute Gasteiger partial charge is 0.345 e. The highest BCUT2D eigenvalue weighted by Crippen LogP contribution is 2.45. The van der Waals surface area contributed by atoms with Gasteiger partial charge < -0.3 is 14.8 Å². The lowest BCUT2D eigenvalue weighted by Crippen LogP contribution is -2.59. The second kappa shape index (κ2) is 7.99. The molecule has 3 aromatic rings. The van der Waals surface area contributed by atoms with Crippen LogP contribution in [-0.2, 0) is 4.79 Å². The summed E-state index contributed by atoms with van der Waals surface area (Å²) in [6, 6.07) is 9.14. The second-order valence-electron chi connectivity index (χ2n) is 9.21. The minimum Gasteiger partial charge on any atom is -0.345 e. The first-order valence-electron chi connectivity index (χ1n) is 11.2. The van der Waals surface area contributed by atoms with Crippen molar-refractivity contribution in [2.24, 2.45) is 0 Å². The van der Waals surface area contributed by atoms with Crippen molar-refractivity contribution in [2.75, 3.05) is 19.6 Å². The maximum absolute atomic E-state index is 13.4. The number of nitrogens with zero attached hydrogens (tertiary/aromatic N) is 3. The fourth-order valence-electron chi connectivity index (χ4n) is 4.69. The van der Waals surface area contributed by atoms with Crippen molar-refractivity contribution >= 4 is 40.2 Å². The van der Waals surface area contributed by atoms with Gasteiger partial charge in [0.15, 0.2) is 0 Å². The molecule has 3 heterocycles. The zero-order valence-electron chi connectivity index (χ0n) is 18.6. The van der Waals surface area contributed by atoms with Crippen LogP contribution >= 0.6 is 11.6 Å². The highest BCUT2D eigenvalue weighted by atomic mass is 35.5. The van der Waals surface area contributed by atoms with Gasteiger partial charge in [-0.25, -0.2) is 4.98 Å². The molecule has 2 fully saturated rings. The van der Waals surface area contributed by atoms with E-state index >= 15 is 0 Å². The summed E-state index contributed by atoms with van der Waals surface area (Å²) < 4.78 is 0. The number of carbonyl (C=O) groups excluding carboxylic acids is 3. The van der Waals surface area contributed by atoms with E-state index in [9.17, 15) is 14.4 Å². The Morgan fingerprint density at radius 1 is 1.12 bits per heavy atom. The van der Waals surface area contributed by atoms with Crippen LogP contribution in [0.25, 0.3) is 11.0 Å². The number of H-pyrrole nitrogens is 1. The van der Waals surface area contributed by atoms with E-state index in [0.717, 1.165) is 18.4 Å². The summed E-state index contributed by atoms with van der Waals surface area (Å²) >= 11 is 6.62. The van der Waals surface area contributed by atoms with Gasteiger partial charge in [0.25, 0.3) is 17.6 Å². The molecule has 1 aromatic carbocycles. The molecule has 1 saturated carbocycles. The van der Waals surface area contributed by atoms with Crippen molar-refractivity contribution in [3.05, 3.63) is 64.4 Å².